The van der Waals surface area contributed by atoms with Gasteiger partial charge in [0.05, 0.1) is 5.69 Å². The van der Waals surface area contributed by atoms with E-state index in [0.29, 0.717) is 37.4 Å². The van der Waals surface area contributed by atoms with Crippen LogP contribution < -0.4 is 19.5 Å². The quantitative estimate of drug-likeness (QED) is 0.431. The maximum absolute atomic E-state index is 12.9. The van der Waals surface area contributed by atoms with Crippen LogP contribution in [-0.2, 0) is 14.3 Å². The summed E-state index contributed by atoms with van der Waals surface area (Å²) in [5.41, 5.74) is 0.205. The number of alkyl halides is 3. The molecule has 36 heavy (non-hydrogen) atoms. The van der Waals surface area contributed by atoms with Crippen molar-refractivity contribution in [2.24, 2.45) is 0 Å². The molecule has 2 aromatic rings. The first-order valence-electron chi connectivity index (χ1n) is 11.2. The van der Waals surface area contributed by atoms with Crippen molar-refractivity contribution in [3.05, 3.63) is 42.5 Å². The minimum atomic E-state index is -5.17. The number of likely N-dealkylation sites (tertiary alicyclic amines) is 1. The zero-order valence-corrected chi connectivity index (χ0v) is 19.3. The minimum Gasteiger partial charge on any atom is -0.508 e. The summed E-state index contributed by atoms with van der Waals surface area (Å²) >= 11 is 0. The Morgan fingerprint density at radius 3 is 2.36 bits per heavy atom. The predicted octanol–water partition coefficient (Wildman–Crippen LogP) is 3.47. The van der Waals surface area contributed by atoms with Gasteiger partial charge in [0.15, 0.2) is 11.5 Å². The monoisotopic (exact) mass is 510 g/mol. The summed E-state index contributed by atoms with van der Waals surface area (Å²) in [6.45, 7) is 1.61. The molecule has 1 atom stereocenters. The Morgan fingerprint density at radius 1 is 1.14 bits per heavy atom. The van der Waals surface area contributed by atoms with Gasteiger partial charge >= 0.3 is 12.1 Å². The number of hydrogen-bond donors (Lipinski definition) is 2. The summed E-state index contributed by atoms with van der Waals surface area (Å²) in [5, 5.41) is 12.3. The van der Waals surface area contributed by atoms with Crippen LogP contribution in [0, 0.1) is 0 Å². The van der Waals surface area contributed by atoms with E-state index in [2.05, 4.69) is 5.32 Å². The number of hydrogen-bond acceptors (Lipinski definition) is 8. The van der Waals surface area contributed by atoms with Crippen LogP contribution in [0.15, 0.2) is 42.5 Å². The second-order valence-electron chi connectivity index (χ2n) is 8.56. The van der Waals surface area contributed by atoms with E-state index in [0.717, 1.165) is 0 Å². The highest BCUT2D eigenvalue weighted by atomic mass is 19.4. The lowest BCUT2D eigenvalue weighted by Crippen LogP contribution is -2.52. The summed E-state index contributed by atoms with van der Waals surface area (Å²) in [6.07, 6.45) is -5.57. The lowest BCUT2D eigenvalue weighted by atomic mass is 10.0. The van der Waals surface area contributed by atoms with Crippen molar-refractivity contribution in [1.82, 2.24) is 4.90 Å². The van der Waals surface area contributed by atoms with Crippen LogP contribution in [-0.4, -0.2) is 66.2 Å². The van der Waals surface area contributed by atoms with Crippen molar-refractivity contribution in [2.75, 3.05) is 31.6 Å². The molecule has 12 heteroatoms. The van der Waals surface area contributed by atoms with Crippen LogP contribution in [0.25, 0.3) is 0 Å². The van der Waals surface area contributed by atoms with Gasteiger partial charge in [-0.25, -0.2) is 4.79 Å². The summed E-state index contributed by atoms with van der Waals surface area (Å²) < 4.78 is 61.0. The Balaban J connectivity index is 1.41. The number of aromatic hydroxyl groups is 1. The molecule has 194 valence electrons. The molecule has 2 heterocycles. The molecule has 2 aromatic carbocycles. The van der Waals surface area contributed by atoms with Gasteiger partial charge in [-0.3, -0.25) is 9.69 Å². The van der Waals surface area contributed by atoms with Crippen molar-refractivity contribution in [3.8, 4) is 23.0 Å². The Labute approximate surface area is 204 Å². The molecule has 1 fully saturated rings. The third kappa shape index (κ3) is 6.11. The number of halogens is 3. The zero-order chi connectivity index (χ0) is 25.9. The Morgan fingerprint density at radius 2 is 1.78 bits per heavy atom. The van der Waals surface area contributed by atoms with Crippen molar-refractivity contribution < 1.29 is 46.8 Å². The van der Waals surface area contributed by atoms with E-state index in [4.69, 9.17) is 18.9 Å². The summed E-state index contributed by atoms with van der Waals surface area (Å²) in [4.78, 5) is 24.8. The number of nitrogens with one attached hydrogen (secondary N) is 1. The van der Waals surface area contributed by atoms with E-state index in [1.54, 1.807) is 12.1 Å². The molecule has 2 aliphatic rings. The highest BCUT2D eigenvalue weighted by Gasteiger charge is 2.45. The number of amides is 1. The highest BCUT2D eigenvalue weighted by Crippen LogP contribution is 2.43. The largest absolute Gasteiger partial charge is 0.508 e. The van der Waals surface area contributed by atoms with E-state index in [-0.39, 0.29) is 23.7 Å². The first kappa shape index (κ1) is 25.4. The van der Waals surface area contributed by atoms with E-state index in [1.165, 1.54) is 25.1 Å². The number of phenolic OH excluding ortho intramolecular Hbond substituents is 1. The van der Waals surface area contributed by atoms with Crippen LogP contribution in [0.4, 0.5) is 18.9 Å². The normalized spacial score (nSPS) is 17.4. The number of phenols is 1. The average Bonchev–Trinajstić information content (AvgIpc) is 3.17. The first-order chi connectivity index (χ1) is 17.0. The molecule has 1 spiro atoms. The number of fused-ring (bicyclic) bond motifs is 1. The number of anilines is 1. The number of piperidine rings is 1. The number of benzene rings is 2. The van der Waals surface area contributed by atoms with Gasteiger partial charge in [-0.05, 0) is 24.3 Å². The van der Waals surface area contributed by atoms with E-state index < -0.39 is 36.6 Å². The molecular weight excluding hydrogens is 485 g/mol. The second kappa shape index (κ2) is 10.1. The van der Waals surface area contributed by atoms with Crippen molar-refractivity contribution >= 4 is 17.6 Å². The number of rotatable bonds is 7. The standard InChI is InChI=1S/C24H25F3N2O7/c1-15(30)28-18-7-6-16(31)12-21(18)33-14-17(34-22(32)24(25,26)27)13-29-10-8-23(9-11-29)35-19-4-2-3-5-20(19)36-23/h2-7,12,17,31H,8-11,13-14H2,1H3,(H,28,30)/t17-/m0/s1. The molecule has 0 unspecified atom stereocenters. The van der Waals surface area contributed by atoms with E-state index in [1.807, 2.05) is 17.0 Å². The number of carbonyl (C=O) groups excluding carboxylic acids is 2. The molecule has 0 aromatic heterocycles. The van der Waals surface area contributed by atoms with Gasteiger partial charge in [-0.2, -0.15) is 13.2 Å². The highest BCUT2D eigenvalue weighted by molar-refractivity contribution is 5.90. The van der Waals surface area contributed by atoms with Gasteiger partial charge in [0.1, 0.15) is 24.2 Å². The molecule has 2 N–H and O–H groups in total. The molecule has 0 aliphatic carbocycles. The smallest absolute Gasteiger partial charge is 0.490 e. The number of nitrogens with zero attached hydrogens (tertiary/aromatic N) is 1. The van der Waals surface area contributed by atoms with Crippen LogP contribution in [0.5, 0.6) is 23.0 Å². The molecule has 0 radical (unpaired) electrons. The van der Waals surface area contributed by atoms with Crippen molar-refractivity contribution in [2.45, 2.75) is 37.8 Å². The Kier molecular flexibility index (Phi) is 7.16. The zero-order valence-electron chi connectivity index (χ0n) is 19.3. The third-order valence-corrected chi connectivity index (χ3v) is 5.73. The van der Waals surface area contributed by atoms with Crippen molar-refractivity contribution in [1.29, 1.82) is 0 Å². The van der Waals surface area contributed by atoms with E-state index >= 15 is 0 Å². The SMILES string of the molecule is CC(=O)Nc1ccc(O)cc1OC[C@H](CN1CCC2(CC1)Oc1ccccc1O2)OC(=O)C(F)(F)F. The van der Waals surface area contributed by atoms with Crippen LogP contribution >= 0.6 is 0 Å². The van der Waals surface area contributed by atoms with Gasteiger partial charge in [-0.1, -0.05) is 12.1 Å². The van der Waals surface area contributed by atoms with Gasteiger partial charge in [0.2, 0.25) is 5.91 Å². The molecule has 1 saturated heterocycles. The number of carbonyl (C=O) groups is 2. The second-order valence-corrected chi connectivity index (χ2v) is 8.56. The van der Waals surface area contributed by atoms with E-state index in [9.17, 15) is 27.9 Å². The van der Waals surface area contributed by atoms with Gasteiger partial charge in [-0.15, -0.1) is 0 Å². The third-order valence-electron chi connectivity index (χ3n) is 5.73. The van der Waals surface area contributed by atoms with Crippen LogP contribution in [0.1, 0.15) is 19.8 Å². The first-order valence-corrected chi connectivity index (χ1v) is 11.2. The fraction of sp³-hybridized carbons (Fsp3) is 0.417. The fourth-order valence-electron chi connectivity index (χ4n) is 4.06. The molecule has 9 nitrogen and oxygen atoms in total. The average molecular weight is 510 g/mol. The lowest BCUT2D eigenvalue weighted by Gasteiger charge is -2.38. The molecule has 4 rings (SSSR count). The van der Waals surface area contributed by atoms with Crippen molar-refractivity contribution in [3.63, 3.8) is 0 Å². The summed E-state index contributed by atoms with van der Waals surface area (Å²) in [6, 6.07) is 11.2. The maximum atomic E-state index is 12.9. The lowest BCUT2D eigenvalue weighted by molar-refractivity contribution is -0.207. The molecule has 0 bridgehead atoms. The Bertz CT molecular complexity index is 1090. The molecule has 0 saturated carbocycles. The summed E-state index contributed by atoms with van der Waals surface area (Å²) in [5.74, 6) is -2.48. The van der Waals surface area contributed by atoms with Crippen LogP contribution in [0.3, 0.4) is 0 Å². The van der Waals surface area contributed by atoms with Gasteiger partial charge in [0.25, 0.3) is 5.79 Å². The van der Waals surface area contributed by atoms with Gasteiger partial charge < -0.3 is 29.4 Å². The molecule has 1 amide bonds. The van der Waals surface area contributed by atoms with Crippen LogP contribution in [0.2, 0.25) is 0 Å². The summed E-state index contributed by atoms with van der Waals surface area (Å²) in [7, 11) is 0. The predicted molar refractivity (Wildman–Crippen MR) is 120 cm³/mol. The Hall–Kier alpha value is -3.67. The maximum Gasteiger partial charge on any atom is 0.490 e. The fourth-order valence-corrected chi connectivity index (χ4v) is 4.06. The number of para-hydroxylation sites is 2. The number of esters is 1. The number of ether oxygens (including phenoxy) is 4. The van der Waals surface area contributed by atoms with Gasteiger partial charge in [0, 0.05) is 45.5 Å². The molecular formula is C24H25F3N2O7. The molecule has 2 aliphatic heterocycles. The minimum absolute atomic E-state index is 0.0152. The topological polar surface area (TPSA) is 107 Å².